The van der Waals surface area contributed by atoms with Crippen LogP contribution in [0, 0.1) is 13.8 Å². The fraction of sp³-hybridized carbons (Fsp3) is 0.429. The molecule has 0 aliphatic carbocycles. The van der Waals surface area contributed by atoms with Crippen LogP contribution in [0.15, 0.2) is 0 Å². The predicted molar refractivity (Wildman–Crippen MR) is 45.9 cm³/mol. The summed E-state index contributed by atoms with van der Waals surface area (Å²) in [4.78, 5) is 9.74. The van der Waals surface area contributed by atoms with Crippen molar-refractivity contribution in [3.8, 4) is 0 Å². The van der Waals surface area contributed by atoms with E-state index in [0.29, 0.717) is 0 Å². The summed E-state index contributed by atoms with van der Waals surface area (Å²) >= 11 is 1.69. The number of rotatable bonds is 0. The number of aryl methyl sites for hydroxylation is 3. The van der Waals surface area contributed by atoms with Gasteiger partial charge in [0.25, 0.3) is 0 Å². The minimum absolute atomic E-state index is 0.882. The van der Waals surface area contributed by atoms with Gasteiger partial charge in [0, 0.05) is 7.05 Å². The molecule has 0 saturated carbocycles. The van der Waals surface area contributed by atoms with E-state index in [0.717, 1.165) is 16.5 Å². The van der Waals surface area contributed by atoms with Crippen LogP contribution in [0.4, 0.5) is 0 Å². The molecule has 0 N–H and O–H groups in total. The zero-order chi connectivity index (χ0) is 8.01. The van der Waals surface area contributed by atoms with Gasteiger partial charge in [-0.15, -0.1) is 0 Å². The van der Waals surface area contributed by atoms with Gasteiger partial charge in [-0.3, -0.25) is 0 Å². The zero-order valence-corrected chi connectivity index (χ0v) is 7.57. The van der Waals surface area contributed by atoms with Crippen molar-refractivity contribution >= 4 is 21.8 Å². The minimum atomic E-state index is 0.882. The smallest absolute Gasteiger partial charge is 0.189 e. The fourth-order valence-corrected chi connectivity index (χ4v) is 1.94. The monoisotopic (exact) mass is 167 g/mol. The van der Waals surface area contributed by atoms with Crippen molar-refractivity contribution in [2.45, 2.75) is 13.8 Å². The van der Waals surface area contributed by atoms with Crippen molar-refractivity contribution in [1.29, 1.82) is 0 Å². The number of hydrogen-bond acceptors (Lipinski definition) is 3. The molecule has 0 atom stereocenters. The lowest BCUT2D eigenvalue weighted by atomic mass is 10.7. The molecule has 2 heterocycles. The van der Waals surface area contributed by atoms with Gasteiger partial charge in [-0.1, -0.05) is 11.3 Å². The zero-order valence-electron chi connectivity index (χ0n) is 6.75. The third-order valence-corrected chi connectivity index (χ3v) is 2.79. The lowest BCUT2D eigenvalue weighted by molar-refractivity contribution is 0.890. The second-order valence-electron chi connectivity index (χ2n) is 2.58. The summed E-state index contributed by atoms with van der Waals surface area (Å²) in [5.74, 6) is 1.03. The Labute approximate surface area is 68.7 Å². The van der Waals surface area contributed by atoms with Gasteiger partial charge in [-0.2, -0.15) is 0 Å². The first-order chi connectivity index (χ1) is 5.18. The highest BCUT2D eigenvalue weighted by atomic mass is 32.1. The van der Waals surface area contributed by atoms with Crippen LogP contribution in [0.25, 0.3) is 10.5 Å². The molecule has 0 saturated heterocycles. The van der Waals surface area contributed by atoms with E-state index in [4.69, 9.17) is 0 Å². The first-order valence-corrected chi connectivity index (χ1v) is 4.26. The standard InChI is InChI=1S/C7H9N3S/c1-4-8-6-7(10(4)3)11-5(2)9-6/h1-3H3. The van der Waals surface area contributed by atoms with Crippen molar-refractivity contribution in [2.75, 3.05) is 0 Å². The molecule has 0 radical (unpaired) electrons. The maximum Gasteiger partial charge on any atom is 0.189 e. The highest BCUT2D eigenvalue weighted by molar-refractivity contribution is 7.18. The molecule has 0 aliphatic heterocycles. The Morgan fingerprint density at radius 3 is 2.64 bits per heavy atom. The molecule has 2 aromatic rings. The first-order valence-electron chi connectivity index (χ1n) is 3.45. The SMILES string of the molecule is Cc1nc2nc(C)n(C)c2s1. The second-order valence-corrected chi connectivity index (χ2v) is 3.76. The molecule has 58 valence electrons. The Morgan fingerprint density at radius 2 is 2.00 bits per heavy atom. The highest BCUT2D eigenvalue weighted by Crippen LogP contribution is 2.20. The van der Waals surface area contributed by atoms with Gasteiger partial charge >= 0.3 is 0 Å². The van der Waals surface area contributed by atoms with Crippen LogP contribution in [-0.2, 0) is 7.05 Å². The van der Waals surface area contributed by atoms with Gasteiger partial charge in [-0.25, -0.2) is 9.97 Å². The van der Waals surface area contributed by atoms with Crippen LogP contribution in [0.2, 0.25) is 0 Å². The third kappa shape index (κ3) is 0.860. The fourth-order valence-electron chi connectivity index (χ4n) is 1.07. The minimum Gasteiger partial charge on any atom is -0.322 e. The van der Waals surface area contributed by atoms with Gasteiger partial charge < -0.3 is 4.57 Å². The molecular weight excluding hydrogens is 158 g/mol. The molecule has 2 rings (SSSR count). The summed E-state index contributed by atoms with van der Waals surface area (Å²) in [5.41, 5.74) is 0.882. The van der Waals surface area contributed by atoms with E-state index in [9.17, 15) is 0 Å². The van der Waals surface area contributed by atoms with Crippen molar-refractivity contribution in [1.82, 2.24) is 14.5 Å². The number of hydrogen-bond donors (Lipinski definition) is 0. The molecule has 0 amide bonds. The van der Waals surface area contributed by atoms with E-state index in [-0.39, 0.29) is 0 Å². The van der Waals surface area contributed by atoms with E-state index in [1.807, 2.05) is 20.9 Å². The Morgan fingerprint density at radius 1 is 1.27 bits per heavy atom. The molecule has 0 aliphatic rings. The van der Waals surface area contributed by atoms with Crippen LogP contribution < -0.4 is 0 Å². The lowest BCUT2D eigenvalue weighted by Gasteiger charge is -1.90. The topological polar surface area (TPSA) is 30.7 Å². The van der Waals surface area contributed by atoms with Crippen LogP contribution in [0.1, 0.15) is 10.8 Å². The van der Waals surface area contributed by atoms with Crippen LogP contribution >= 0.6 is 11.3 Å². The average molecular weight is 167 g/mol. The van der Waals surface area contributed by atoms with E-state index < -0.39 is 0 Å². The highest BCUT2D eigenvalue weighted by Gasteiger charge is 2.07. The molecular formula is C7H9N3S. The number of imidazole rings is 1. The molecule has 0 unspecified atom stereocenters. The summed E-state index contributed by atoms with van der Waals surface area (Å²) in [6.07, 6.45) is 0. The van der Waals surface area contributed by atoms with E-state index in [2.05, 4.69) is 14.5 Å². The summed E-state index contributed by atoms with van der Waals surface area (Å²) in [6, 6.07) is 0. The third-order valence-electron chi connectivity index (χ3n) is 1.76. The van der Waals surface area contributed by atoms with Crippen molar-refractivity contribution in [3.05, 3.63) is 10.8 Å². The summed E-state index contributed by atoms with van der Waals surface area (Å²) in [5, 5.41) is 1.08. The van der Waals surface area contributed by atoms with Crippen LogP contribution in [0.3, 0.4) is 0 Å². The van der Waals surface area contributed by atoms with Gasteiger partial charge in [0.1, 0.15) is 10.7 Å². The maximum atomic E-state index is 4.30. The quantitative estimate of drug-likeness (QED) is 0.597. The van der Waals surface area contributed by atoms with Crippen molar-refractivity contribution in [2.24, 2.45) is 7.05 Å². The van der Waals surface area contributed by atoms with Gasteiger partial charge in [0.15, 0.2) is 5.65 Å². The predicted octanol–water partition coefficient (Wildman–Crippen LogP) is 1.65. The van der Waals surface area contributed by atoms with Crippen molar-refractivity contribution in [3.63, 3.8) is 0 Å². The molecule has 11 heavy (non-hydrogen) atoms. The van der Waals surface area contributed by atoms with Crippen molar-refractivity contribution < 1.29 is 0 Å². The molecule has 4 heteroatoms. The molecule has 0 fully saturated rings. The number of nitrogens with zero attached hydrogens (tertiary/aromatic N) is 3. The summed E-state index contributed by atoms with van der Waals surface area (Å²) < 4.78 is 2.07. The Kier molecular flexibility index (Phi) is 1.26. The molecule has 2 aromatic heterocycles. The Balaban J connectivity index is 2.88. The Bertz CT molecular complexity index is 399. The average Bonchev–Trinajstić information content (AvgIpc) is 2.37. The second kappa shape index (κ2) is 2.04. The molecule has 0 spiro atoms. The van der Waals surface area contributed by atoms with Gasteiger partial charge in [0.05, 0.1) is 5.01 Å². The number of aromatic nitrogens is 3. The van der Waals surface area contributed by atoms with Crippen LogP contribution in [-0.4, -0.2) is 14.5 Å². The summed E-state index contributed by atoms with van der Waals surface area (Å²) in [6.45, 7) is 3.99. The number of fused-ring (bicyclic) bond motifs is 1. The first kappa shape index (κ1) is 6.79. The number of thiazole rings is 1. The summed E-state index contributed by atoms with van der Waals surface area (Å²) in [7, 11) is 2.02. The maximum absolute atomic E-state index is 4.30. The van der Waals surface area contributed by atoms with E-state index in [1.54, 1.807) is 11.3 Å². The molecule has 0 bridgehead atoms. The molecule has 3 nitrogen and oxygen atoms in total. The lowest BCUT2D eigenvalue weighted by Crippen LogP contribution is -1.88. The van der Waals surface area contributed by atoms with E-state index >= 15 is 0 Å². The Hall–Kier alpha value is -0.900. The normalized spacial score (nSPS) is 11.2. The van der Waals surface area contributed by atoms with E-state index in [1.165, 1.54) is 4.83 Å². The van der Waals surface area contributed by atoms with Gasteiger partial charge in [0.2, 0.25) is 0 Å². The molecule has 0 aromatic carbocycles. The largest absolute Gasteiger partial charge is 0.322 e. The van der Waals surface area contributed by atoms with Crippen LogP contribution in [0.5, 0.6) is 0 Å². The van der Waals surface area contributed by atoms with Gasteiger partial charge in [-0.05, 0) is 13.8 Å².